The number of hydrogen-bond donors (Lipinski definition) is 2. The van der Waals surface area contributed by atoms with Crippen LogP contribution in [0.15, 0.2) is 66.7 Å². The summed E-state index contributed by atoms with van der Waals surface area (Å²) < 4.78 is 45.0. The van der Waals surface area contributed by atoms with Crippen molar-refractivity contribution < 1.29 is 32.6 Å². The van der Waals surface area contributed by atoms with E-state index < -0.39 is 35.6 Å². The van der Waals surface area contributed by atoms with Gasteiger partial charge < -0.3 is 15.2 Å². The van der Waals surface area contributed by atoms with Crippen LogP contribution < -0.4 is 5.32 Å². The number of carboxylic acid groups (broad SMARTS) is 1. The quantitative estimate of drug-likeness (QED) is 0.374. The fourth-order valence-electron chi connectivity index (χ4n) is 5.40. The first-order valence-electron chi connectivity index (χ1n) is 11.7. The van der Waals surface area contributed by atoms with Crippen LogP contribution in [0.2, 0.25) is 0 Å². The maximum atomic E-state index is 13.0. The molecule has 1 aliphatic heterocycles. The molecule has 0 unspecified atom stereocenters. The molecule has 1 amide bonds. The predicted molar refractivity (Wildman–Crippen MR) is 125 cm³/mol. The van der Waals surface area contributed by atoms with Gasteiger partial charge in [0.15, 0.2) is 0 Å². The SMILES string of the molecule is O=C(O)CCCC=CC[C@H]1[C@H](NC(=O)C(F)(F)F)[C@@H]2C[C@@]1(c1ccc(-c3ccccc3)cc1)CO2. The highest BCUT2D eigenvalue weighted by Crippen LogP contribution is 2.54. The van der Waals surface area contributed by atoms with Gasteiger partial charge in [0, 0.05) is 11.8 Å². The van der Waals surface area contributed by atoms with E-state index in [1.807, 2.05) is 66.7 Å². The Labute approximate surface area is 202 Å². The first-order chi connectivity index (χ1) is 16.7. The summed E-state index contributed by atoms with van der Waals surface area (Å²) in [6.07, 6.45) is 0.383. The Bertz CT molecular complexity index is 1070. The molecule has 4 rings (SSSR count). The number of fused-ring (bicyclic) bond motifs is 2. The van der Waals surface area contributed by atoms with E-state index in [4.69, 9.17) is 9.84 Å². The fourth-order valence-corrected chi connectivity index (χ4v) is 5.40. The molecule has 1 aliphatic carbocycles. The van der Waals surface area contributed by atoms with Gasteiger partial charge >= 0.3 is 18.1 Å². The summed E-state index contributed by atoms with van der Waals surface area (Å²) in [5.41, 5.74) is 2.57. The number of carbonyl (C=O) groups is 2. The van der Waals surface area contributed by atoms with E-state index >= 15 is 0 Å². The molecule has 1 saturated carbocycles. The van der Waals surface area contributed by atoms with E-state index in [1.165, 1.54) is 0 Å². The average Bonchev–Trinajstić information content (AvgIpc) is 3.40. The molecule has 0 radical (unpaired) electrons. The Hall–Kier alpha value is -3.13. The number of hydrogen-bond acceptors (Lipinski definition) is 3. The maximum absolute atomic E-state index is 13.0. The van der Waals surface area contributed by atoms with Gasteiger partial charge in [0.1, 0.15) is 0 Å². The Balaban J connectivity index is 1.57. The minimum atomic E-state index is -4.97. The summed E-state index contributed by atoms with van der Waals surface area (Å²) >= 11 is 0. The molecular weight excluding hydrogens is 459 g/mol. The van der Waals surface area contributed by atoms with Crippen molar-refractivity contribution in [1.82, 2.24) is 5.32 Å². The first kappa shape index (κ1) is 25.0. The minimum absolute atomic E-state index is 0.0612. The van der Waals surface area contributed by atoms with Crippen LogP contribution in [0.3, 0.4) is 0 Å². The predicted octanol–water partition coefficient (Wildman–Crippen LogP) is 5.26. The van der Waals surface area contributed by atoms with Crippen molar-refractivity contribution in [2.24, 2.45) is 5.92 Å². The van der Waals surface area contributed by atoms with E-state index in [2.05, 4.69) is 5.32 Å². The summed E-state index contributed by atoms with van der Waals surface area (Å²) in [6.45, 7) is 0.373. The summed E-state index contributed by atoms with van der Waals surface area (Å²) in [5.74, 6) is -3.11. The van der Waals surface area contributed by atoms with E-state index in [0.717, 1.165) is 16.7 Å². The van der Waals surface area contributed by atoms with Crippen molar-refractivity contribution in [1.29, 1.82) is 0 Å². The monoisotopic (exact) mass is 487 g/mol. The molecule has 8 heteroatoms. The second-order valence-corrected chi connectivity index (χ2v) is 9.25. The Morgan fingerprint density at radius 1 is 1.06 bits per heavy atom. The van der Waals surface area contributed by atoms with Crippen LogP contribution in [-0.4, -0.2) is 41.9 Å². The number of carbonyl (C=O) groups excluding carboxylic acids is 1. The van der Waals surface area contributed by atoms with Crippen molar-refractivity contribution in [3.8, 4) is 11.1 Å². The third kappa shape index (κ3) is 5.42. The molecule has 35 heavy (non-hydrogen) atoms. The van der Waals surface area contributed by atoms with Gasteiger partial charge in [-0.3, -0.25) is 9.59 Å². The summed E-state index contributed by atoms with van der Waals surface area (Å²) in [4.78, 5) is 22.5. The zero-order valence-electron chi connectivity index (χ0n) is 19.1. The summed E-state index contributed by atoms with van der Waals surface area (Å²) in [5, 5.41) is 11.0. The summed E-state index contributed by atoms with van der Waals surface area (Å²) in [7, 11) is 0. The third-order valence-electron chi connectivity index (χ3n) is 7.10. The van der Waals surface area contributed by atoms with Crippen LogP contribution in [0.25, 0.3) is 11.1 Å². The van der Waals surface area contributed by atoms with Gasteiger partial charge in [0.05, 0.1) is 18.8 Å². The molecule has 5 nitrogen and oxygen atoms in total. The van der Waals surface area contributed by atoms with Gasteiger partial charge in [-0.2, -0.15) is 13.2 Å². The van der Waals surface area contributed by atoms with Crippen molar-refractivity contribution in [2.45, 2.75) is 55.8 Å². The van der Waals surface area contributed by atoms with E-state index in [9.17, 15) is 22.8 Å². The van der Waals surface area contributed by atoms with Crippen molar-refractivity contribution in [3.63, 3.8) is 0 Å². The molecule has 0 spiro atoms. The van der Waals surface area contributed by atoms with Crippen molar-refractivity contribution in [3.05, 3.63) is 72.3 Å². The lowest BCUT2D eigenvalue weighted by Gasteiger charge is -2.39. The van der Waals surface area contributed by atoms with Crippen molar-refractivity contribution in [2.75, 3.05) is 6.61 Å². The number of benzene rings is 2. The van der Waals surface area contributed by atoms with Crippen LogP contribution in [-0.2, 0) is 19.7 Å². The van der Waals surface area contributed by atoms with Gasteiger partial charge in [-0.25, -0.2) is 0 Å². The molecule has 1 saturated heterocycles. The lowest BCUT2D eigenvalue weighted by Crippen LogP contribution is -2.54. The average molecular weight is 488 g/mol. The molecule has 2 aliphatic rings. The number of alkyl halides is 3. The van der Waals surface area contributed by atoms with E-state index in [0.29, 0.717) is 32.3 Å². The highest BCUT2D eigenvalue weighted by Gasteiger charge is 2.60. The molecular formula is C27H28F3NO4. The van der Waals surface area contributed by atoms with Crippen molar-refractivity contribution >= 4 is 11.9 Å². The first-order valence-corrected chi connectivity index (χ1v) is 11.7. The molecule has 2 aromatic rings. The Kier molecular flexibility index (Phi) is 7.31. The second kappa shape index (κ2) is 10.2. The molecule has 0 aromatic heterocycles. The largest absolute Gasteiger partial charge is 0.481 e. The molecule has 2 bridgehead atoms. The summed E-state index contributed by atoms with van der Waals surface area (Å²) in [6, 6.07) is 17.1. The molecule has 2 aromatic carbocycles. The normalized spacial score (nSPS) is 25.7. The number of rotatable bonds is 9. The lowest BCUT2D eigenvalue weighted by atomic mass is 9.70. The van der Waals surface area contributed by atoms with Crippen LogP contribution >= 0.6 is 0 Å². The Morgan fingerprint density at radius 2 is 1.74 bits per heavy atom. The van der Waals surface area contributed by atoms with Crippen LogP contribution in [0.1, 0.15) is 37.7 Å². The van der Waals surface area contributed by atoms with Crippen LogP contribution in [0.5, 0.6) is 0 Å². The van der Waals surface area contributed by atoms with Gasteiger partial charge in [-0.05, 0) is 48.3 Å². The number of nitrogens with one attached hydrogen (secondary N) is 1. The number of ether oxygens (including phenoxy) is 1. The number of unbranched alkanes of at least 4 members (excludes halogenated alkanes) is 1. The number of amides is 1. The number of aliphatic carboxylic acids is 1. The highest BCUT2D eigenvalue weighted by molar-refractivity contribution is 5.82. The zero-order valence-corrected chi connectivity index (χ0v) is 19.1. The molecule has 4 atom stereocenters. The van der Waals surface area contributed by atoms with Crippen LogP contribution in [0.4, 0.5) is 13.2 Å². The molecule has 2 fully saturated rings. The van der Waals surface area contributed by atoms with Gasteiger partial charge in [-0.1, -0.05) is 66.7 Å². The second-order valence-electron chi connectivity index (χ2n) is 9.25. The molecule has 1 heterocycles. The lowest BCUT2D eigenvalue weighted by molar-refractivity contribution is -0.176. The van der Waals surface area contributed by atoms with Gasteiger partial charge in [-0.15, -0.1) is 0 Å². The maximum Gasteiger partial charge on any atom is 0.471 e. The fraction of sp³-hybridized carbons (Fsp3) is 0.407. The molecule has 2 N–H and O–H groups in total. The third-order valence-corrected chi connectivity index (χ3v) is 7.10. The van der Waals surface area contributed by atoms with E-state index in [-0.39, 0.29) is 12.3 Å². The van der Waals surface area contributed by atoms with Gasteiger partial charge in [0.25, 0.3) is 0 Å². The van der Waals surface area contributed by atoms with Crippen LogP contribution in [0, 0.1) is 5.92 Å². The number of allylic oxidation sites excluding steroid dienone is 2. The highest BCUT2D eigenvalue weighted by atomic mass is 19.4. The minimum Gasteiger partial charge on any atom is -0.481 e. The van der Waals surface area contributed by atoms with E-state index in [1.54, 1.807) is 0 Å². The number of carboxylic acids is 1. The zero-order chi connectivity index (χ0) is 25.1. The Morgan fingerprint density at radius 3 is 2.40 bits per heavy atom. The molecule has 186 valence electrons. The smallest absolute Gasteiger partial charge is 0.471 e. The van der Waals surface area contributed by atoms with Gasteiger partial charge in [0.2, 0.25) is 0 Å². The topological polar surface area (TPSA) is 75.6 Å². The number of halogens is 3. The standard InChI is InChI=1S/C27H28F3NO4/c28-27(29,30)25(34)31-24-21(10-6-1-2-7-11-23(32)33)26(16-22(24)35-17-26)20-14-12-19(13-15-20)18-8-4-3-5-9-18/h1,3-6,8-9,12-15,21-22,24H,2,7,10-11,16-17H2,(H,31,34)(H,32,33)/t21-,22-,24-,26-/m0/s1.